The van der Waals surface area contributed by atoms with Gasteiger partial charge in [0.2, 0.25) is 5.91 Å². The van der Waals surface area contributed by atoms with E-state index in [1.54, 1.807) is 31.4 Å². The van der Waals surface area contributed by atoms with Crippen LogP contribution in [0.2, 0.25) is 0 Å². The Balaban J connectivity index is 2.16. The van der Waals surface area contributed by atoms with E-state index in [4.69, 9.17) is 4.74 Å². The third-order valence-electron chi connectivity index (χ3n) is 3.21. The Morgan fingerprint density at radius 3 is 3.06 bits per heavy atom. The number of carbonyl (C=O) groups excluding carboxylic acids is 2. The number of hydrogen-bond donors (Lipinski definition) is 1. The van der Waals surface area contributed by atoms with Crippen molar-refractivity contribution in [3.63, 3.8) is 0 Å². The SMILES string of the molecule is COc1cccc(C(=O)C2CCCNC(=O)C2)c1. The van der Waals surface area contributed by atoms with Gasteiger partial charge in [0.05, 0.1) is 7.11 Å². The van der Waals surface area contributed by atoms with E-state index >= 15 is 0 Å². The summed E-state index contributed by atoms with van der Waals surface area (Å²) in [7, 11) is 1.57. The van der Waals surface area contributed by atoms with Gasteiger partial charge in [-0.2, -0.15) is 0 Å². The van der Waals surface area contributed by atoms with Crippen molar-refractivity contribution in [1.29, 1.82) is 0 Å². The molecule has 1 aliphatic heterocycles. The minimum Gasteiger partial charge on any atom is -0.497 e. The number of methoxy groups -OCH3 is 1. The molecule has 0 saturated carbocycles. The fourth-order valence-corrected chi connectivity index (χ4v) is 2.21. The monoisotopic (exact) mass is 247 g/mol. The molecule has 1 aromatic rings. The van der Waals surface area contributed by atoms with Crippen LogP contribution >= 0.6 is 0 Å². The van der Waals surface area contributed by atoms with Crippen LogP contribution in [0.25, 0.3) is 0 Å². The molecule has 0 radical (unpaired) electrons. The fraction of sp³-hybridized carbons (Fsp3) is 0.429. The topological polar surface area (TPSA) is 55.4 Å². The maximum absolute atomic E-state index is 12.3. The molecule has 1 saturated heterocycles. The number of ether oxygens (including phenoxy) is 1. The van der Waals surface area contributed by atoms with Crippen molar-refractivity contribution in [2.75, 3.05) is 13.7 Å². The highest BCUT2D eigenvalue weighted by molar-refractivity contribution is 6.00. The summed E-state index contributed by atoms with van der Waals surface area (Å²) in [6.45, 7) is 0.667. The standard InChI is InChI=1S/C14H17NO3/c1-18-12-6-2-4-10(8-12)14(17)11-5-3-7-15-13(16)9-11/h2,4,6,8,11H,3,5,7,9H2,1H3,(H,15,16). The van der Waals surface area contributed by atoms with Crippen molar-refractivity contribution in [2.24, 2.45) is 5.92 Å². The Morgan fingerprint density at radius 1 is 1.44 bits per heavy atom. The summed E-state index contributed by atoms with van der Waals surface area (Å²) >= 11 is 0. The summed E-state index contributed by atoms with van der Waals surface area (Å²) in [4.78, 5) is 23.8. The number of ketones is 1. The van der Waals surface area contributed by atoms with Gasteiger partial charge in [-0.05, 0) is 25.0 Å². The van der Waals surface area contributed by atoms with Crippen LogP contribution in [-0.2, 0) is 4.79 Å². The largest absolute Gasteiger partial charge is 0.497 e. The maximum Gasteiger partial charge on any atom is 0.220 e. The second-order valence-electron chi connectivity index (χ2n) is 4.49. The normalized spacial score (nSPS) is 19.8. The summed E-state index contributed by atoms with van der Waals surface area (Å²) in [5.41, 5.74) is 0.619. The lowest BCUT2D eigenvalue weighted by Crippen LogP contribution is -2.24. The predicted molar refractivity (Wildman–Crippen MR) is 67.7 cm³/mol. The van der Waals surface area contributed by atoms with Crippen molar-refractivity contribution in [3.05, 3.63) is 29.8 Å². The van der Waals surface area contributed by atoms with Gasteiger partial charge in [-0.15, -0.1) is 0 Å². The Labute approximate surface area is 106 Å². The van der Waals surface area contributed by atoms with E-state index in [1.807, 2.05) is 0 Å². The molecule has 1 fully saturated rings. The zero-order valence-electron chi connectivity index (χ0n) is 10.4. The van der Waals surface area contributed by atoms with Gasteiger partial charge in [0.25, 0.3) is 0 Å². The lowest BCUT2D eigenvalue weighted by molar-refractivity contribution is -0.121. The molecule has 2 rings (SSSR count). The van der Waals surface area contributed by atoms with Gasteiger partial charge in [0.15, 0.2) is 5.78 Å². The van der Waals surface area contributed by atoms with Crippen molar-refractivity contribution in [3.8, 4) is 5.75 Å². The third kappa shape index (κ3) is 2.88. The van der Waals surface area contributed by atoms with Crippen LogP contribution in [0.15, 0.2) is 24.3 Å². The van der Waals surface area contributed by atoms with Crippen LogP contribution in [0.5, 0.6) is 5.75 Å². The summed E-state index contributed by atoms with van der Waals surface area (Å²) in [5.74, 6) is 0.457. The molecule has 18 heavy (non-hydrogen) atoms. The molecular weight excluding hydrogens is 230 g/mol. The van der Waals surface area contributed by atoms with Gasteiger partial charge in [-0.3, -0.25) is 9.59 Å². The maximum atomic E-state index is 12.3. The van der Waals surface area contributed by atoms with E-state index in [1.165, 1.54) is 0 Å². The van der Waals surface area contributed by atoms with E-state index in [2.05, 4.69) is 5.32 Å². The molecule has 1 atom stereocenters. The minimum atomic E-state index is -0.209. The van der Waals surface area contributed by atoms with Crippen LogP contribution in [-0.4, -0.2) is 25.3 Å². The molecule has 4 nitrogen and oxygen atoms in total. The minimum absolute atomic E-state index is 0.0333. The highest BCUT2D eigenvalue weighted by Crippen LogP contribution is 2.22. The fourth-order valence-electron chi connectivity index (χ4n) is 2.21. The van der Waals surface area contributed by atoms with E-state index in [0.29, 0.717) is 17.9 Å². The lowest BCUT2D eigenvalue weighted by Gasteiger charge is -2.12. The van der Waals surface area contributed by atoms with Crippen LogP contribution in [0.4, 0.5) is 0 Å². The molecule has 1 aromatic carbocycles. The first-order chi connectivity index (χ1) is 8.70. The van der Waals surface area contributed by atoms with E-state index < -0.39 is 0 Å². The average molecular weight is 247 g/mol. The summed E-state index contributed by atoms with van der Waals surface area (Å²) in [5, 5.41) is 2.79. The molecule has 0 aliphatic carbocycles. The van der Waals surface area contributed by atoms with E-state index in [9.17, 15) is 9.59 Å². The summed E-state index contributed by atoms with van der Waals surface area (Å²) < 4.78 is 5.11. The summed E-state index contributed by atoms with van der Waals surface area (Å²) in [6.07, 6.45) is 1.90. The molecule has 0 bridgehead atoms. The first kappa shape index (κ1) is 12.6. The molecule has 1 aliphatic rings. The second kappa shape index (κ2) is 5.67. The Morgan fingerprint density at radius 2 is 2.28 bits per heavy atom. The Kier molecular flexibility index (Phi) is 3.97. The number of hydrogen-bond acceptors (Lipinski definition) is 3. The summed E-state index contributed by atoms with van der Waals surface area (Å²) in [6, 6.07) is 7.10. The first-order valence-corrected chi connectivity index (χ1v) is 6.15. The predicted octanol–water partition coefficient (Wildman–Crippen LogP) is 1.79. The quantitative estimate of drug-likeness (QED) is 0.828. The zero-order chi connectivity index (χ0) is 13.0. The van der Waals surface area contributed by atoms with Crippen molar-refractivity contribution in [1.82, 2.24) is 5.32 Å². The third-order valence-corrected chi connectivity index (χ3v) is 3.21. The zero-order valence-corrected chi connectivity index (χ0v) is 10.4. The molecule has 1 unspecified atom stereocenters. The molecule has 4 heteroatoms. The van der Waals surface area contributed by atoms with Crippen LogP contribution in [0.1, 0.15) is 29.6 Å². The molecule has 1 N–H and O–H groups in total. The van der Waals surface area contributed by atoms with Gasteiger partial charge >= 0.3 is 0 Å². The number of rotatable bonds is 3. The highest BCUT2D eigenvalue weighted by atomic mass is 16.5. The van der Waals surface area contributed by atoms with Crippen molar-refractivity contribution in [2.45, 2.75) is 19.3 Å². The number of benzene rings is 1. The highest BCUT2D eigenvalue weighted by Gasteiger charge is 2.25. The average Bonchev–Trinajstić information content (AvgIpc) is 2.62. The van der Waals surface area contributed by atoms with Gasteiger partial charge < -0.3 is 10.1 Å². The van der Waals surface area contributed by atoms with E-state index in [-0.39, 0.29) is 24.0 Å². The molecule has 1 heterocycles. The van der Waals surface area contributed by atoms with Gasteiger partial charge in [-0.25, -0.2) is 0 Å². The van der Waals surface area contributed by atoms with E-state index in [0.717, 1.165) is 12.8 Å². The Bertz CT molecular complexity index is 456. The molecular formula is C14H17NO3. The van der Waals surface area contributed by atoms with Gasteiger partial charge in [0.1, 0.15) is 5.75 Å². The lowest BCUT2D eigenvalue weighted by atomic mass is 9.91. The van der Waals surface area contributed by atoms with Crippen LogP contribution < -0.4 is 10.1 Å². The smallest absolute Gasteiger partial charge is 0.220 e. The van der Waals surface area contributed by atoms with Crippen LogP contribution in [0.3, 0.4) is 0 Å². The van der Waals surface area contributed by atoms with Crippen LogP contribution in [0, 0.1) is 5.92 Å². The number of nitrogens with one attached hydrogen (secondary N) is 1. The van der Waals surface area contributed by atoms with Crippen molar-refractivity contribution < 1.29 is 14.3 Å². The molecule has 96 valence electrons. The Hall–Kier alpha value is -1.84. The van der Waals surface area contributed by atoms with Crippen molar-refractivity contribution >= 4 is 11.7 Å². The second-order valence-corrected chi connectivity index (χ2v) is 4.49. The molecule has 0 aromatic heterocycles. The molecule has 0 spiro atoms. The molecule has 1 amide bonds. The first-order valence-electron chi connectivity index (χ1n) is 6.15. The number of amides is 1. The number of Topliss-reactive ketones (excluding diaryl/α,β-unsaturated/α-hetero) is 1. The number of carbonyl (C=O) groups is 2. The van der Waals surface area contributed by atoms with Gasteiger partial charge in [-0.1, -0.05) is 12.1 Å². The van der Waals surface area contributed by atoms with Gasteiger partial charge in [0, 0.05) is 24.4 Å².